The predicted molar refractivity (Wildman–Crippen MR) is 197 cm³/mol. The average molecular weight is 613 g/mol. The molecule has 0 spiro atoms. The van der Waals surface area contributed by atoms with Gasteiger partial charge in [0.25, 0.3) is 0 Å². The molecule has 3 aromatic heterocycles. The molecule has 0 bridgehead atoms. The second-order valence-electron chi connectivity index (χ2n) is 11.9. The fourth-order valence-electron chi connectivity index (χ4n) is 6.35. The van der Waals surface area contributed by atoms with Crippen molar-refractivity contribution in [2.24, 2.45) is 0 Å². The van der Waals surface area contributed by atoms with Gasteiger partial charge in [0.05, 0.1) is 44.8 Å². The molecule has 0 saturated carbocycles. The topological polar surface area (TPSA) is 51.6 Å². The van der Waals surface area contributed by atoms with Gasteiger partial charge in [0.15, 0.2) is 0 Å². The molecule has 0 saturated heterocycles. The van der Waals surface area contributed by atoms with Gasteiger partial charge in [-0.2, -0.15) is 0 Å². The van der Waals surface area contributed by atoms with Crippen molar-refractivity contribution in [2.45, 2.75) is 0 Å². The third kappa shape index (κ3) is 5.06. The Hall–Kier alpha value is -6.52. The maximum absolute atomic E-state index is 5.14. The molecule has 0 unspecified atom stereocenters. The summed E-state index contributed by atoms with van der Waals surface area (Å²) in [6.45, 7) is 0. The summed E-state index contributed by atoms with van der Waals surface area (Å²) in [6.07, 6.45) is 0. The molecule has 224 valence electrons. The Kier molecular flexibility index (Phi) is 6.76. The Labute approximate surface area is 278 Å². The van der Waals surface area contributed by atoms with Gasteiger partial charge in [-0.1, -0.05) is 146 Å². The minimum atomic E-state index is 0.877. The largest absolute Gasteiger partial charge is 0.245 e. The van der Waals surface area contributed by atoms with Crippen LogP contribution in [-0.4, -0.2) is 19.9 Å². The molecule has 3 heterocycles. The average Bonchev–Trinajstić information content (AvgIpc) is 3.18. The number of pyridine rings is 2. The highest BCUT2D eigenvalue weighted by Gasteiger charge is 2.14. The molecular formula is C44H28N4. The lowest BCUT2D eigenvalue weighted by atomic mass is 9.98. The van der Waals surface area contributed by atoms with Crippen LogP contribution in [0.3, 0.4) is 0 Å². The highest BCUT2D eigenvalue weighted by Crippen LogP contribution is 2.34. The van der Waals surface area contributed by atoms with Crippen molar-refractivity contribution in [1.82, 2.24) is 19.9 Å². The van der Waals surface area contributed by atoms with Gasteiger partial charge in [-0.25, -0.2) is 19.9 Å². The second-order valence-corrected chi connectivity index (χ2v) is 11.9. The first-order valence-corrected chi connectivity index (χ1v) is 16.1. The lowest BCUT2D eigenvalue weighted by Gasteiger charge is -2.11. The smallest absolute Gasteiger partial charge is 0.0973 e. The zero-order valence-corrected chi connectivity index (χ0v) is 26.0. The van der Waals surface area contributed by atoms with Crippen molar-refractivity contribution in [3.63, 3.8) is 0 Å². The molecule has 0 fully saturated rings. The summed E-state index contributed by atoms with van der Waals surface area (Å²) in [5.41, 5.74) is 13.7. The van der Waals surface area contributed by atoms with Gasteiger partial charge in [-0.15, -0.1) is 0 Å². The molecule has 4 heteroatoms. The highest BCUT2D eigenvalue weighted by atomic mass is 14.8. The Morgan fingerprint density at radius 2 is 0.604 bits per heavy atom. The van der Waals surface area contributed by atoms with Crippen molar-refractivity contribution in [3.05, 3.63) is 170 Å². The zero-order chi connectivity index (χ0) is 31.9. The number of fused-ring (bicyclic) bond motifs is 4. The van der Waals surface area contributed by atoms with Gasteiger partial charge in [0, 0.05) is 33.0 Å². The lowest BCUT2D eigenvalue weighted by molar-refractivity contribution is 1.29. The van der Waals surface area contributed by atoms with E-state index in [-0.39, 0.29) is 0 Å². The van der Waals surface area contributed by atoms with E-state index in [9.17, 15) is 0 Å². The number of para-hydroxylation sites is 2. The molecular weight excluding hydrogens is 585 g/mol. The van der Waals surface area contributed by atoms with Crippen molar-refractivity contribution in [3.8, 4) is 56.2 Å². The standard InChI is InChI=1S/C44H28N4/c1-3-9-31(10-4-1)37-27-25-35-23-24-36-26-28-38(46-43(36)42(35)45-37)32-19-15-29(16-20-32)30-17-21-34(22-18-30)44-41(33-11-5-2-6-12-33)47-39-13-7-8-14-40(39)48-44/h1-28H. The fourth-order valence-corrected chi connectivity index (χ4v) is 6.35. The van der Waals surface area contributed by atoms with Crippen LogP contribution in [0.5, 0.6) is 0 Å². The summed E-state index contributed by atoms with van der Waals surface area (Å²) < 4.78 is 0. The molecule has 0 atom stereocenters. The molecule has 0 radical (unpaired) electrons. The molecule has 48 heavy (non-hydrogen) atoms. The van der Waals surface area contributed by atoms with Crippen molar-refractivity contribution < 1.29 is 0 Å². The quantitative estimate of drug-likeness (QED) is 0.181. The molecule has 9 rings (SSSR count). The molecule has 0 aliphatic heterocycles. The van der Waals surface area contributed by atoms with E-state index >= 15 is 0 Å². The maximum atomic E-state index is 5.14. The maximum Gasteiger partial charge on any atom is 0.0973 e. The Morgan fingerprint density at radius 1 is 0.250 bits per heavy atom. The van der Waals surface area contributed by atoms with E-state index in [1.165, 1.54) is 0 Å². The summed E-state index contributed by atoms with van der Waals surface area (Å²) in [5.74, 6) is 0. The number of rotatable bonds is 5. The number of benzene rings is 6. The first-order chi connectivity index (χ1) is 23.8. The van der Waals surface area contributed by atoms with E-state index < -0.39 is 0 Å². The Bertz CT molecular complexity index is 2580. The van der Waals surface area contributed by atoms with Gasteiger partial charge in [0.2, 0.25) is 0 Å². The van der Waals surface area contributed by atoms with E-state index in [0.717, 1.165) is 89.0 Å². The molecule has 6 aromatic carbocycles. The summed E-state index contributed by atoms with van der Waals surface area (Å²) in [5, 5.41) is 2.16. The van der Waals surface area contributed by atoms with Crippen LogP contribution >= 0.6 is 0 Å². The monoisotopic (exact) mass is 612 g/mol. The SMILES string of the molecule is c1ccc(-c2ccc3ccc4ccc(-c5ccc(-c6ccc(-c7nc8ccccc8nc7-c7ccccc7)cc6)cc5)nc4c3n2)cc1. The molecule has 9 aromatic rings. The van der Waals surface area contributed by atoms with E-state index in [2.05, 4.69) is 109 Å². The van der Waals surface area contributed by atoms with Crippen LogP contribution in [0.1, 0.15) is 0 Å². The van der Waals surface area contributed by atoms with E-state index in [1.54, 1.807) is 0 Å². The second kappa shape index (κ2) is 11.7. The van der Waals surface area contributed by atoms with Crippen LogP contribution in [-0.2, 0) is 0 Å². The number of hydrogen-bond acceptors (Lipinski definition) is 4. The molecule has 0 aliphatic carbocycles. The van der Waals surface area contributed by atoms with Gasteiger partial charge in [0.1, 0.15) is 0 Å². The highest BCUT2D eigenvalue weighted by molar-refractivity contribution is 6.04. The number of hydrogen-bond donors (Lipinski definition) is 0. The first-order valence-electron chi connectivity index (χ1n) is 16.1. The van der Waals surface area contributed by atoms with Crippen LogP contribution in [0.25, 0.3) is 89.0 Å². The molecule has 4 nitrogen and oxygen atoms in total. The van der Waals surface area contributed by atoms with E-state index in [1.807, 2.05) is 60.7 Å². The van der Waals surface area contributed by atoms with Crippen molar-refractivity contribution in [2.75, 3.05) is 0 Å². The third-order valence-electron chi connectivity index (χ3n) is 8.88. The van der Waals surface area contributed by atoms with E-state index in [0.29, 0.717) is 0 Å². The normalized spacial score (nSPS) is 11.3. The van der Waals surface area contributed by atoms with Crippen LogP contribution in [0.2, 0.25) is 0 Å². The summed E-state index contributed by atoms with van der Waals surface area (Å²) in [6, 6.07) is 58.5. The van der Waals surface area contributed by atoms with Crippen LogP contribution in [0.15, 0.2) is 170 Å². The molecule has 0 N–H and O–H groups in total. The van der Waals surface area contributed by atoms with E-state index in [4.69, 9.17) is 19.9 Å². The van der Waals surface area contributed by atoms with Crippen LogP contribution < -0.4 is 0 Å². The third-order valence-corrected chi connectivity index (χ3v) is 8.88. The van der Waals surface area contributed by atoms with Gasteiger partial charge >= 0.3 is 0 Å². The van der Waals surface area contributed by atoms with Gasteiger partial charge < -0.3 is 0 Å². The number of aromatic nitrogens is 4. The Morgan fingerprint density at radius 3 is 1.10 bits per heavy atom. The summed E-state index contributed by atoms with van der Waals surface area (Å²) >= 11 is 0. The lowest BCUT2D eigenvalue weighted by Crippen LogP contribution is -1.95. The molecule has 0 amide bonds. The van der Waals surface area contributed by atoms with Gasteiger partial charge in [-0.05, 0) is 35.4 Å². The minimum absolute atomic E-state index is 0.877. The summed E-state index contributed by atoms with van der Waals surface area (Å²) in [7, 11) is 0. The summed E-state index contributed by atoms with van der Waals surface area (Å²) in [4.78, 5) is 20.3. The fraction of sp³-hybridized carbons (Fsp3) is 0. The number of nitrogens with zero attached hydrogens (tertiary/aromatic N) is 4. The van der Waals surface area contributed by atoms with Crippen LogP contribution in [0.4, 0.5) is 0 Å². The van der Waals surface area contributed by atoms with Crippen LogP contribution in [0, 0.1) is 0 Å². The Balaban J connectivity index is 1.04. The predicted octanol–water partition coefficient (Wildman–Crippen LogP) is 11.1. The minimum Gasteiger partial charge on any atom is -0.245 e. The zero-order valence-electron chi connectivity index (χ0n) is 26.0. The van der Waals surface area contributed by atoms with Crippen molar-refractivity contribution in [1.29, 1.82) is 0 Å². The first kappa shape index (κ1) is 27.8. The molecule has 0 aliphatic rings. The van der Waals surface area contributed by atoms with Gasteiger partial charge in [-0.3, -0.25) is 0 Å². The van der Waals surface area contributed by atoms with Crippen molar-refractivity contribution >= 4 is 32.8 Å².